The fourth-order valence-electron chi connectivity index (χ4n) is 2.97. The minimum atomic E-state index is 0.154. The number of rotatable bonds is 6. The summed E-state index contributed by atoms with van der Waals surface area (Å²) in [4.78, 5) is 14.5. The molecule has 1 aliphatic carbocycles. The molecule has 0 radical (unpaired) electrons. The van der Waals surface area contributed by atoms with Crippen molar-refractivity contribution < 1.29 is 4.79 Å². The van der Waals surface area contributed by atoms with E-state index >= 15 is 0 Å². The number of hydrogen-bond donors (Lipinski definition) is 0. The van der Waals surface area contributed by atoms with Crippen LogP contribution in [0.15, 0.2) is 32.9 Å². The van der Waals surface area contributed by atoms with Crippen LogP contribution in [0.1, 0.15) is 36.9 Å². The first-order chi connectivity index (χ1) is 11.7. The van der Waals surface area contributed by atoms with Crippen molar-refractivity contribution in [2.45, 2.75) is 40.9 Å². The molecule has 1 aromatic carbocycles. The lowest BCUT2D eigenvalue weighted by molar-refractivity contribution is -0.129. The maximum atomic E-state index is 12.6. The lowest BCUT2D eigenvalue weighted by atomic mass is 9.87. The summed E-state index contributed by atoms with van der Waals surface area (Å²) in [6.45, 7) is 2.10. The number of aryl methyl sites for hydroxylation is 1. The summed E-state index contributed by atoms with van der Waals surface area (Å²) in [5.41, 5.74) is 2.69. The molecule has 0 aliphatic heterocycles. The van der Waals surface area contributed by atoms with Gasteiger partial charge in [-0.1, -0.05) is 66.0 Å². The van der Waals surface area contributed by atoms with Gasteiger partial charge in [0.2, 0.25) is 5.91 Å². The summed E-state index contributed by atoms with van der Waals surface area (Å²) in [7, 11) is 1.92. The van der Waals surface area contributed by atoms with E-state index in [2.05, 4.69) is 41.4 Å². The molecule has 24 heavy (non-hydrogen) atoms. The second-order valence-corrected chi connectivity index (χ2v) is 9.38. The van der Waals surface area contributed by atoms with Crippen LogP contribution >= 0.6 is 34.9 Å². The van der Waals surface area contributed by atoms with Crippen molar-refractivity contribution in [1.29, 1.82) is 0 Å². The van der Waals surface area contributed by atoms with Crippen molar-refractivity contribution in [3.63, 3.8) is 0 Å². The number of carbonyl (C=O) groups excluding carboxylic acids is 1. The standard InChI is InChI=1S/C17H21N3OS3/c1-3-22-16-18-19-17(24-16)23-11-15(21)20(2)14-10-6-8-12-7-4-5-9-13(12)14/h4-5,7,9,14H,3,6,8,10-11H2,1-2H3. The number of hydrogen-bond acceptors (Lipinski definition) is 6. The molecule has 1 atom stereocenters. The summed E-state index contributed by atoms with van der Waals surface area (Å²) < 4.78 is 1.85. The summed E-state index contributed by atoms with van der Waals surface area (Å²) in [5, 5.41) is 8.29. The third-order valence-corrected chi connectivity index (χ3v) is 7.23. The lowest BCUT2D eigenvalue weighted by Gasteiger charge is -2.33. The van der Waals surface area contributed by atoms with Gasteiger partial charge in [-0.2, -0.15) is 0 Å². The Balaban J connectivity index is 1.61. The third-order valence-electron chi connectivity index (χ3n) is 4.17. The van der Waals surface area contributed by atoms with Crippen molar-refractivity contribution in [3.05, 3.63) is 35.4 Å². The average molecular weight is 380 g/mol. The van der Waals surface area contributed by atoms with Gasteiger partial charge < -0.3 is 4.90 Å². The third kappa shape index (κ3) is 4.13. The maximum absolute atomic E-state index is 12.6. The highest BCUT2D eigenvalue weighted by Crippen LogP contribution is 2.34. The summed E-state index contributed by atoms with van der Waals surface area (Å²) >= 11 is 4.75. The van der Waals surface area contributed by atoms with Crippen LogP contribution in [0.25, 0.3) is 0 Å². The molecular weight excluding hydrogens is 358 g/mol. The summed E-state index contributed by atoms with van der Waals surface area (Å²) in [6.07, 6.45) is 3.30. The van der Waals surface area contributed by atoms with Gasteiger partial charge in [0.15, 0.2) is 8.68 Å². The van der Waals surface area contributed by atoms with Crippen molar-refractivity contribution in [2.75, 3.05) is 18.6 Å². The van der Waals surface area contributed by atoms with Crippen molar-refractivity contribution >= 4 is 40.8 Å². The number of carbonyl (C=O) groups is 1. The van der Waals surface area contributed by atoms with Gasteiger partial charge >= 0.3 is 0 Å². The number of amides is 1. The molecule has 7 heteroatoms. The molecule has 0 fully saturated rings. The first kappa shape index (κ1) is 17.8. The normalized spacial score (nSPS) is 16.7. The minimum Gasteiger partial charge on any atom is -0.338 e. The number of nitrogens with zero attached hydrogens (tertiary/aromatic N) is 3. The number of benzene rings is 1. The molecule has 0 saturated heterocycles. The number of fused-ring (bicyclic) bond motifs is 1. The zero-order valence-electron chi connectivity index (χ0n) is 13.9. The molecular formula is C17H21N3OS3. The van der Waals surface area contributed by atoms with Gasteiger partial charge in [0.05, 0.1) is 11.8 Å². The molecule has 3 rings (SSSR count). The van der Waals surface area contributed by atoms with Crippen LogP contribution < -0.4 is 0 Å². The summed E-state index contributed by atoms with van der Waals surface area (Å²) in [5.74, 6) is 1.56. The van der Waals surface area contributed by atoms with Crippen LogP contribution in [0, 0.1) is 0 Å². The average Bonchev–Trinajstić information content (AvgIpc) is 3.06. The van der Waals surface area contributed by atoms with Gasteiger partial charge in [0.25, 0.3) is 0 Å². The SMILES string of the molecule is CCSc1nnc(SCC(=O)N(C)C2CCCc3ccccc32)s1. The van der Waals surface area contributed by atoms with E-state index in [9.17, 15) is 4.79 Å². The molecule has 0 N–H and O–H groups in total. The molecule has 1 aromatic heterocycles. The van der Waals surface area contributed by atoms with Crippen LogP contribution in [0.4, 0.5) is 0 Å². The smallest absolute Gasteiger partial charge is 0.233 e. The van der Waals surface area contributed by atoms with Crippen LogP contribution in [0.2, 0.25) is 0 Å². The molecule has 0 bridgehead atoms. The molecule has 0 saturated carbocycles. The maximum Gasteiger partial charge on any atom is 0.233 e. The van der Waals surface area contributed by atoms with Crippen LogP contribution in [-0.4, -0.2) is 39.6 Å². The van der Waals surface area contributed by atoms with Crippen molar-refractivity contribution in [1.82, 2.24) is 15.1 Å². The molecule has 1 amide bonds. The fourth-order valence-corrected chi connectivity index (χ4v) is 5.81. The van der Waals surface area contributed by atoms with Gasteiger partial charge in [0.1, 0.15) is 0 Å². The Morgan fingerprint density at radius 3 is 2.83 bits per heavy atom. The minimum absolute atomic E-state index is 0.154. The van der Waals surface area contributed by atoms with E-state index in [1.54, 1.807) is 23.1 Å². The van der Waals surface area contributed by atoms with Gasteiger partial charge in [-0.3, -0.25) is 4.79 Å². The monoisotopic (exact) mass is 379 g/mol. The Hall–Kier alpha value is -1.05. The van der Waals surface area contributed by atoms with E-state index in [-0.39, 0.29) is 11.9 Å². The predicted molar refractivity (Wildman–Crippen MR) is 102 cm³/mol. The molecule has 4 nitrogen and oxygen atoms in total. The van der Waals surface area contributed by atoms with Gasteiger partial charge in [-0.25, -0.2) is 0 Å². The Morgan fingerprint density at radius 1 is 1.29 bits per heavy atom. The van der Waals surface area contributed by atoms with E-state index in [1.807, 2.05) is 11.9 Å². The van der Waals surface area contributed by atoms with E-state index in [0.29, 0.717) is 5.75 Å². The van der Waals surface area contributed by atoms with Gasteiger partial charge in [-0.15, -0.1) is 10.2 Å². The van der Waals surface area contributed by atoms with Crippen molar-refractivity contribution in [3.8, 4) is 0 Å². The first-order valence-corrected chi connectivity index (χ1v) is 10.9. The Morgan fingerprint density at radius 2 is 2.04 bits per heavy atom. The Labute approximate surface area is 155 Å². The van der Waals surface area contributed by atoms with Crippen LogP contribution in [0.3, 0.4) is 0 Å². The van der Waals surface area contributed by atoms with Gasteiger partial charge in [0, 0.05) is 7.05 Å². The van der Waals surface area contributed by atoms with E-state index in [1.165, 1.54) is 22.9 Å². The molecule has 1 aliphatic rings. The van der Waals surface area contributed by atoms with Gasteiger partial charge in [-0.05, 0) is 36.1 Å². The second-order valence-electron chi connectivity index (χ2n) is 5.67. The number of thioether (sulfide) groups is 2. The van der Waals surface area contributed by atoms with Crippen LogP contribution in [0.5, 0.6) is 0 Å². The molecule has 1 heterocycles. The zero-order valence-corrected chi connectivity index (χ0v) is 16.3. The van der Waals surface area contributed by atoms with Crippen molar-refractivity contribution in [2.24, 2.45) is 0 Å². The molecule has 1 unspecified atom stereocenters. The molecule has 2 aromatic rings. The predicted octanol–water partition coefficient (Wildman–Crippen LogP) is 4.28. The quantitative estimate of drug-likeness (QED) is 0.701. The first-order valence-electron chi connectivity index (χ1n) is 8.11. The summed E-state index contributed by atoms with van der Waals surface area (Å²) in [6, 6.07) is 8.69. The fraction of sp³-hybridized carbons (Fsp3) is 0.471. The zero-order chi connectivity index (χ0) is 16.9. The highest BCUT2D eigenvalue weighted by molar-refractivity contribution is 8.03. The van der Waals surface area contributed by atoms with E-state index in [4.69, 9.17) is 0 Å². The highest BCUT2D eigenvalue weighted by atomic mass is 32.2. The second kappa shape index (κ2) is 8.36. The number of aromatic nitrogens is 2. The Bertz CT molecular complexity index is 704. The van der Waals surface area contributed by atoms with E-state index in [0.717, 1.165) is 33.7 Å². The molecule has 0 spiro atoms. The molecule has 128 valence electrons. The highest BCUT2D eigenvalue weighted by Gasteiger charge is 2.26. The van der Waals surface area contributed by atoms with E-state index < -0.39 is 0 Å². The lowest BCUT2D eigenvalue weighted by Crippen LogP contribution is -2.34. The topological polar surface area (TPSA) is 46.1 Å². The Kier molecular flexibility index (Phi) is 6.19. The largest absolute Gasteiger partial charge is 0.338 e. The van der Waals surface area contributed by atoms with Crippen LogP contribution in [-0.2, 0) is 11.2 Å².